The molecule has 1 fully saturated rings. The van der Waals surface area contributed by atoms with Crippen molar-refractivity contribution >= 4 is 12.0 Å². The van der Waals surface area contributed by atoms with E-state index in [1.807, 2.05) is 29.9 Å². The molecule has 1 aliphatic rings. The Balaban J connectivity index is 1.40. The highest BCUT2D eigenvalue weighted by Crippen LogP contribution is 2.15. The van der Waals surface area contributed by atoms with Gasteiger partial charge in [-0.05, 0) is 31.9 Å². The van der Waals surface area contributed by atoms with Crippen molar-refractivity contribution in [2.24, 2.45) is 0 Å². The number of nitrogens with zero attached hydrogens (tertiary/aromatic N) is 5. The smallest absolute Gasteiger partial charge is 0.315 e. The lowest BCUT2D eigenvalue weighted by Gasteiger charge is -2.32. The molecule has 0 bridgehead atoms. The number of nitrogens with one attached hydrogen (secondary N) is 2. The molecular formula is C16H23N7O. The molecule has 2 aromatic rings. The van der Waals surface area contributed by atoms with Crippen molar-refractivity contribution < 1.29 is 4.79 Å². The van der Waals surface area contributed by atoms with Crippen LogP contribution in [-0.4, -0.2) is 51.0 Å². The number of carbonyl (C=O) groups excluding carboxylic acids is 1. The van der Waals surface area contributed by atoms with Gasteiger partial charge in [0.05, 0.1) is 6.54 Å². The van der Waals surface area contributed by atoms with Gasteiger partial charge in [-0.25, -0.2) is 14.8 Å². The van der Waals surface area contributed by atoms with E-state index in [0.717, 1.165) is 31.9 Å². The second-order valence-electron chi connectivity index (χ2n) is 6.06. The first-order chi connectivity index (χ1) is 11.7. The summed E-state index contributed by atoms with van der Waals surface area (Å²) < 4.78 is 1.81. The molecule has 0 unspecified atom stereocenters. The van der Waals surface area contributed by atoms with Crippen LogP contribution in [0, 0.1) is 0 Å². The van der Waals surface area contributed by atoms with Gasteiger partial charge in [-0.1, -0.05) is 0 Å². The Labute approximate surface area is 141 Å². The van der Waals surface area contributed by atoms with Crippen LogP contribution in [0.1, 0.15) is 19.8 Å². The van der Waals surface area contributed by atoms with E-state index in [1.54, 1.807) is 18.6 Å². The van der Waals surface area contributed by atoms with Crippen molar-refractivity contribution in [1.82, 2.24) is 30.4 Å². The first-order valence-electron chi connectivity index (χ1n) is 8.27. The molecule has 0 saturated carbocycles. The summed E-state index contributed by atoms with van der Waals surface area (Å²) in [6.45, 7) is 4.32. The molecule has 0 spiro atoms. The van der Waals surface area contributed by atoms with Crippen LogP contribution in [0.25, 0.3) is 0 Å². The van der Waals surface area contributed by atoms with Crippen LogP contribution in [0.15, 0.2) is 36.9 Å². The van der Waals surface area contributed by atoms with Crippen molar-refractivity contribution in [3.63, 3.8) is 0 Å². The van der Waals surface area contributed by atoms with Crippen molar-refractivity contribution in [1.29, 1.82) is 0 Å². The maximum atomic E-state index is 12.1. The number of hydrogen-bond donors (Lipinski definition) is 2. The van der Waals surface area contributed by atoms with Crippen LogP contribution in [0.2, 0.25) is 0 Å². The third-order valence-corrected chi connectivity index (χ3v) is 4.06. The maximum Gasteiger partial charge on any atom is 0.315 e. The predicted octanol–water partition coefficient (Wildman–Crippen LogP) is 1.03. The monoisotopic (exact) mass is 329 g/mol. The van der Waals surface area contributed by atoms with Crippen molar-refractivity contribution in [3.05, 3.63) is 36.9 Å². The average Bonchev–Trinajstić information content (AvgIpc) is 3.09. The summed E-state index contributed by atoms with van der Waals surface area (Å²) in [6, 6.07) is 3.76. The molecule has 0 aromatic carbocycles. The number of rotatable bonds is 5. The first kappa shape index (κ1) is 16.2. The molecule has 2 aromatic heterocycles. The van der Waals surface area contributed by atoms with Gasteiger partial charge >= 0.3 is 6.03 Å². The van der Waals surface area contributed by atoms with Gasteiger partial charge in [0.2, 0.25) is 5.95 Å². The van der Waals surface area contributed by atoms with E-state index in [9.17, 15) is 4.79 Å². The largest absolute Gasteiger partial charge is 0.341 e. The molecular weight excluding hydrogens is 306 g/mol. The van der Waals surface area contributed by atoms with Gasteiger partial charge in [0.25, 0.3) is 0 Å². The number of carbonyl (C=O) groups is 1. The normalized spacial score (nSPS) is 16.6. The first-order valence-corrected chi connectivity index (χ1v) is 8.27. The number of anilines is 1. The van der Waals surface area contributed by atoms with E-state index in [4.69, 9.17) is 0 Å². The van der Waals surface area contributed by atoms with Gasteiger partial charge in [0, 0.05) is 50.0 Å². The molecule has 128 valence electrons. The minimum absolute atomic E-state index is 0.0164. The molecule has 24 heavy (non-hydrogen) atoms. The second kappa shape index (κ2) is 7.76. The fourth-order valence-electron chi connectivity index (χ4n) is 2.86. The van der Waals surface area contributed by atoms with Crippen LogP contribution in [0.5, 0.6) is 0 Å². The standard InChI is InChI=1S/C16H23N7O/c1-13(12-23-9-3-8-19-23)20-16(24)21-14-4-10-22(11-5-14)15-17-6-2-7-18-15/h2-3,6-9,13-14H,4-5,10-12H2,1H3,(H2,20,21,24)/t13-/m1/s1. The fraction of sp³-hybridized carbons (Fsp3) is 0.500. The molecule has 0 radical (unpaired) electrons. The van der Waals surface area contributed by atoms with Crippen LogP contribution in [0.3, 0.4) is 0 Å². The summed E-state index contributed by atoms with van der Waals surface area (Å²) >= 11 is 0. The SMILES string of the molecule is C[C@H](Cn1cccn1)NC(=O)NC1CCN(c2ncccn2)CC1. The maximum absolute atomic E-state index is 12.1. The summed E-state index contributed by atoms with van der Waals surface area (Å²) in [5.41, 5.74) is 0. The van der Waals surface area contributed by atoms with Crippen molar-refractivity contribution in [2.75, 3.05) is 18.0 Å². The number of hydrogen-bond acceptors (Lipinski definition) is 5. The molecule has 2 N–H and O–H groups in total. The zero-order chi connectivity index (χ0) is 16.8. The van der Waals surface area contributed by atoms with Gasteiger partial charge in [-0.15, -0.1) is 0 Å². The third-order valence-electron chi connectivity index (χ3n) is 4.06. The number of aromatic nitrogens is 4. The summed E-state index contributed by atoms with van der Waals surface area (Å²) in [6.07, 6.45) is 8.90. The summed E-state index contributed by atoms with van der Waals surface area (Å²) in [4.78, 5) is 22.8. The minimum Gasteiger partial charge on any atom is -0.341 e. The lowest BCUT2D eigenvalue weighted by Crippen LogP contribution is -2.50. The molecule has 1 aliphatic heterocycles. The van der Waals surface area contributed by atoms with Crippen LogP contribution in [0.4, 0.5) is 10.7 Å². The average molecular weight is 329 g/mol. The van der Waals surface area contributed by atoms with Crippen LogP contribution >= 0.6 is 0 Å². The topological polar surface area (TPSA) is 88.0 Å². The molecule has 2 amide bonds. The van der Waals surface area contributed by atoms with E-state index in [1.165, 1.54) is 0 Å². The molecule has 3 heterocycles. The molecule has 3 rings (SSSR count). The molecule has 8 heteroatoms. The predicted molar refractivity (Wildman–Crippen MR) is 90.6 cm³/mol. The Kier molecular flexibility index (Phi) is 5.25. The summed E-state index contributed by atoms with van der Waals surface area (Å²) in [5.74, 6) is 0.758. The van der Waals surface area contributed by atoms with E-state index in [2.05, 4.69) is 30.6 Å². The Bertz CT molecular complexity index is 623. The van der Waals surface area contributed by atoms with Gasteiger partial charge in [0.15, 0.2) is 0 Å². The quantitative estimate of drug-likeness (QED) is 0.855. The van der Waals surface area contributed by atoms with Crippen LogP contribution < -0.4 is 15.5 Å². The highest BCUT2D eigenvalue weighted by Gasteiger charge is 2.22. The molecule has 1 saturated heterocycles. The van der Waals surface area contributed by atoms with Gasteiger partial charge in [-0.3, -0.25) is 4.68 Å². The number of piperidine rings is 1. The highest BCUT2D eigenvalue weighted by molar-refractivity contribution is 5.74. The lowest BCUT2D eigenvalue weighted by molar-refractivity contribution is 0.229. The number of amides is 2. The van der Waals surface area contributed by atoms with Gasteiger partial charge in [-0.2, -0.15) is 5.10 Å². The Morgan fingerprint density at radius 1 is 1.25 bits per heavy atom. The fourth-order valence-corrected chi connectivity index (χ4v) is 2.86. The Hall–Kier alpha value is -2.64. The zero-order valence-corrected chi connectivity index (χ0v) is 13.8. The molecule has 0 aliphatic carbocycles. The highest BCUT2D eigenvalue weighted by atomic mass is 16.2. The number of urea groups is 1. The summed E-state index contributed by atoms with van der Waals surface area (Å²) in [5, 5.41) is 10.2. The third kappa shape index (κ3) is 4.43. The second-order valence-corrected chi connectivity index (χ2v) is 6.06. The van der Waals surface area contributed by atoms with Gasteiger partial charge < -0.3 is 15.5 Å². The zero-order valence-electron chi connectivity index (χ0n) is 13.8. The summed E-state index contributed by atoms with van der Waals surface area (Å²) in [7, 11) is 0. The van der Waals surface area contributed by atoms with E-state index >= 15 is 0 Å². The van der Waals surface area contributed by atoms with E-state index in [-0.39, 0.29) is 18.1 Å². The van der Waals surface area contributed by atoms with Crippen LogP contribution in [-0.2, 0) is 6.54 Å². The van der Waals surface area contributed by atoms with Crippen molar-refractivity contribution in [2.45, 2.75) is 38.4 Å². The Morgan fingerprint density at radius 2 is 2.00 bits per heavy atom. The Morgan fingerprint density at radius 3 is 2.67 bits per heavy atom. The minimum atomic E-state index is -0.121. The van der Waals surface area contributed by atoms with E-state index in [0.29, 0.717) is 6.54 Å². The molecule has 8 nitrogen and oxygen atoms in total. The van der Waals surface area contributed by atoms with Crippen molar-refractivity contribution in [3.8, 4) is 0 Å². The molecule has 1 atom stereocenters. The van der Waals surface area contributed by atoms with E-state index < -0.39 is 0 Å². The van der Waals surface area contributed by atoms with Gasteiger partial charge in [0.1, 0.15) is 0 Å². The lowest BCUT2D eigenvalue weighted by atomic mass is 10.1.